The summed E-state index contributed by atoms with van der Waals surface area (Å²) in [6.07, 6.45) is 0. The van der Waals surface area contributed by atoms with E-state index in [4.69, 9.17) is 4.74 Å². The predicted octanol–water partition coefficient (Wildman–Crippen LogP) is 1.85. The van der Waals surface area contributed by atoms with E-state index in [2.05, 4.69) is 19.2 Å². The van der Waals surface area contributed by atoms with Crippen molar-refractivity contribution in [2.45, 2.75) is 52.3 Å². The molecule has 18 heavy (non-hydrogen) atoms. The Kier molecular flexibility index (Phi) is 7.40. The van der Waals surface area contributed by atoms with E-state index in [1.54, 1.807) is 20.8 Å². The monoisotopic (exact) mass is 279 g/mol. The lowest BCUT2D eigenvalue weighted by Crippen LogP contribution is -2.42. The average Bonchev–Trinajstić information content (AvgIpc) is 2.20. The van der Waals surface area contributed by atoms with Crippen LogP contribution >= 0.6 is 0 Å². The Bertz CT molecular complexity index is 318. The van der Waals surface area contributed by atoms with E-state index >= 15 is 0 Å². The van der Waals surface area contributed by atoms with Gasteiger partial charge in [-0.25, -0.2) is 8.42 Å². The molecule has 5 heteroatoms. The molecule has 0 fully saturated rings. The number of nitrogens with one attached hydrogen (secondary N) is 1. The molecule has 0 saturated carbocycles. The fourth-order valence-corrected chi connectivity index (χ4v) is 2.42. The third-order valence-electron chi connectivity index (χ3n) is 3.02. The molecule has 0 aliphatic rings. The Labute approximate surface area is 112 Å². The van der Waals surface area contributed by atoms with E-state index in [1.165, 1.54) is 0 Å². The zero-order valence-corrected chi connectivity index (χ0v) is 13.4. The number of sulfone groups is 1. The largest absolute Gasteiger partial charge is 0.380 e. The zero-order chi connectivity index (χ0) is 14.4. The van der Waals surface area contributed by atoms with Crippen molar-refractivity contribution >= 4 is 9.84 Å². The summed E-state index contributed by atoms with van der Waals surface area (Å²) < 4.78 is 28.6. The number of rotatable bonds is 8. The molecule has 0 aromatic rings. The summed E-state index contributed by atoms with van der Waals surface area (Å²) in [6.45, 7) is 13.2. The van der Waals surface area contributed by atoms with Crippen LogP contribution in [0, 0.1) is 5.92 Å². The summed E-state index contributed by atoms with van der Waals surface area (Å²) in [7, 11) is -3.04. The molecule has 0 aromatic heterocycles. The highest BCUT2D eigenvalue weighted by Crippen LogP contribution is 2.15. The van der Waals surface area contributed by atoms with Crippen LogP contribution in [-0.2, 0) is 14.6 Å². The third-order valence-corrected chi connectivity index (χ3v) is 5.62. The molecule has 0 amide bonds. The SMILES string of the molecule is CCOCC(NCCS(=O)(=O)C(C)(C)C)C(C)C. The van der Waals surface area contributed by atoms with Gasteiger partial charge in [-0.1, -0.05) is 13.8 Å². The van der Waals surface area contributed by atoms with Gasteiger partial charge in [-0.2, -0.15) is 0 Å². The lowest BCUT2D eigenvalue weighted by molar-refractivity contribution is 0.109. The van der Waals surface area contributed by atoms with Gasteiger partial charge in [-0.15, -0.1) is 0 Å². The minimum Gasteiger partial charge on any atom is -0.380 e. The van der Waals surface area contributed by atoms with Gasteiger partial charge in [-0.05, 0) is 33.6 Å². The third kappa shape index (κ3) is 6.16. The molecule has 0 spiro atoms. The van der Waals surface area contributed by atoms with Crippen molar-refractivity contribution in [2.24, 2.45) is 5.92 Å². The van der Waals surface area contributed by atoms with Crippen LogP contribution in [0.4, 0.5) is 0 Å². The topological polar surface area (TPSA) is 55.4 Å². The van der Waals surface area contributed by atoms with Crippen molar-refractivity contribution in [2.75, 3.05) is 25.5 Å². The van der Waals surface area contributed by atoms with Crippen LogP contribution in [0.15, 0.2) is 0 Å². The molecule has 0 saturated heterocycles. The summed E-state index contributed by atoms with van der Waals surface area (Å²) in [5, 5.41) is 3.28. The standard InChI is InChI=1S/C13H29NO3S/c1-7-17-10-12(11(2)3)14-8-9-18(15,16)13(4,5)6/h11-12,14H,7-10H2,1-6H3. The molecule has 0 aliphatic heterocycles. The lowest BCUT2D eigenvalue weighted by Gasteiger charge is -2.24. The zero-order valence-electron chi connectivity index (χ0n) is 12.6. The van der Waals surface area contributed by atoms with Crippen molar-refractivity contribution in [3.8, 4) is 0 Å². The molecule has 0 rings (SSSR count). The van der Waals surface area contributed by atoms with E-state index in [0.717, 1.165) is 0 Å². The van der Waals surface area contributed by atoms with Gasteiger partial charge in [0.1, 0.15) is 0 Å². The molecular formula is C13H29NO3S. The van der Waals surface area contributed by atoms with Gasteiger partial charge < -0.3 is 10.1 Å². The van der Waals surface area contributed by atoms with E-state index in [9.17, 15) is 8.42 Å². The van der Waals surface area contributed by atoms with Crippen LogP contribution < -0.4 is 5.32 Å². The van der Waals surface area contributed by atoms with Gasteiger partial charge >= 0.3 is 0 Å². The van der Waals surface area contributed by atoms with Crippen LogP contribution in [0.25, 0.3) is 0 Å². The fraction of sp³-hybridized carbons (Fsp3) is 1.00. The van der Waals surface area contributed by atoms with E-state index < -0.39 is 14.6 Å². The summed E-state index contributed by atoms with van der Waals surface area (Å²) >= 11 is 0. The molecule has 110 valence electrons. The highest BCUT2D eigenvalue weighted by molar-refractivity contribution is 7.92. The van der Waals surface area contributed by atoms with Crippen molar-refractivity contribution in [1.29, 1.82) is 0 Å². The summed E-state index contributed by atoms with van der Waals surface area (Å²) in [6, 6.07) is 0.208. The van der Waals surface area contributed by atoms with Gasteiger partial charge in [0.2, 0.25) is 0 Å². The molecule has 1 unspecified atom stereocenters. The maximum Gasteiger partial charge on any atom is 0.156 e. The number of hydrogen-bond donors (Lipinski definition) is 1. The van der Waals surface area contributed by atoms with Gasteiger partial charge in [0, 0.05) is 19.2 Å². The normalized spacial score (nSPS) is 15.1. The second-order valence-electron chi connectivity index (χ2n) is 5.90. The molecule has 0 radical (unpaired) electrons. The Hall–Kier alpha value is -0.130. The van der Waals surface area contributed by atoms with Gasteiger partial charge in [0.15, 0.2) is 9.84 Å². The first kappa shape index (κ1) is 17.9. The first-order chi connectivity index (χ1) is 8.12. The first-order valence-electron chi connectivity index (χ1n) is 6.65. The molecule has 1 atom stereocenters. The minimum atomic E-state index is -3.04. The van der Waals surface area contributed by atoms with Gasteiger partial charge in [-0.3, -0.25) is 0 Å². The second-order valence-corrected chi connectivity index (χ2v) is 8.76. The highest BCUT2D eigenvalue weighted by atomic mass is 32.2. The minimum absolute atomic E-state index is 0.172. The molecule has 0 heterocycles. The number of hydrogen-bond acceptors (Lipinski definition) is 4. The fourth-order valence-electron chi connectivity index (χ4n) is 1.42. The quantitative estimate of drug-likeness (QED) is 0.737. The Morgan fingerprint density at radius 3 is 2.17 bits per heavy atom. The lowest BCUT2D eigenvalue weighted by atomic mass is 10.1. The van der Waals surface area contributed by atoms with Crippen LogP contribution in [-0.4, -0.2) is 44.7 Å². The van der Waals surface area contributed by atoms with E-state index in [-0.39, 0.29) is 11.8 Å². The molecular weight excluding hydrogens is 250 g/mol. The predicted molar refractivity (Wildman–Crippen MR) is 76.7 cm³/mol. The van der Waals surface area contributed by atoms with Crippen molar-refractivity contribution < 1.29 is 13.2 Å². The van der Waals surface area contributed by atoms with Crippen molar-refractivity contribution in [1.82, 2.24) is 5.32 Å². The van der Waals surface area contributed by atoms with Gasteiger partial charge in [0.25, 0.3) is 0 Å². The van der Waals surface area contributed by atoms with Crippen molar-refractivity contribution in [3.63, 3.8) is 0 Å². The van der Waals surface area contributed by atoms with E-state index in [0.29, 0.717) is 25.7 Å². The van der Waals surface area contributed by atoms with Crippen LogP contribution in [0.3, 0.4) is 0 Å². The van der Waals surface area contributed by atoms with Crippen molar-refractivity contribution in [3.05, 3.63) is 0 Å². The molecule has 4 nitrogen and oxygen atoms in total. The van der Waals surface area contributed by atoms with Gasteiger partial charge in [0.05, 0.1) is 17.1 Å². The maximum atomic E-state index is 11.9. The Balaban J connectivity index is 4.23. The van der Waals surface area contributed by atoms with Crippen LogP contribution in [0.2, 0.25) is 0 Å². The summed E-state index contributed by atoms with van der Waals surface area (Å²) in [4.78, 5) is 0. The van der Waals surface area contributed by atoms with Crippen LogP contribution in [0.5, 0.6) is 0 Å². The molecule has 0 aromatic carbocycles. The maximum absolute atomic E-state index is 11.9. The smallest absolute Gasteiger partial charge is 0.156 e. The second kappa shape index (κ2) is 7.46. The van der Waals surface area contributed by atoms with E-state index in [1.807, 2.05) is 6.92 Å². The Morgan fingerprint density at radius 1 is 1.22 bits per heavy atom. The van der Waals surface area contributed by atoms with Crippen LogP contribution in [0.1, 0.15) is 41.5 Å². The molecule has 0 bridgehead atoms. The first-order valence-corrected chi connectivity index (χ1v) is 8.30. The summed E-state index contributed by atoms with van der Waals surface area (Å²) in [5.41, 5.74) is 0. The molecule has 0 aliphatic carbocycles. The molecule has 1 N–H and O–H groups in total. The number of ether oxygens (including phenoxy) is 1. The Morgan fingerprint density at radius 2 is 1.78 bits per heavy atom. The highest BCUT2D eigenvalue weighted by Gasteiger charge is 2.28. The average molecular weight is 279 g/mol. The summed E-state index contributed by atoms with van der Waals surface area (Å²) in [5.74, 6) is 0.597.